The van der Waals surface area contributed by atoms with Crippen molar-refractivity contribution >= 4 is 33.3 Å². The van der Waals surface area contributed by atoms with Crippen LogP contribution in [0.15, 0.2) is 28.7 Å². The predicted molar refractivity (Wildman–Crippen MR) is 73.6 cm³/mol. The van der Waals surface area contributed by atoms with Gasteiger partial charge in [0.1, 0.15) is 17.5 Å². The van der Waals surface area contributed by atoms with Crippen LogP contribution in [-0.4, -0.2) is 23.2 Å². The van der Waals surface area contributed by atoms with Crippen molar-refractivity contribution in [1.29, 1.82) is 0 Å². The van der Waals surface area contributed by atoms with Crippen molar-refractivity contribution in [2.45, 2.75) is 0 Å². The summed E-state index contributed by atoms with van der Waals surface area (Å²) in [6.45, 7) is 0. The van der Waals surface area contributed by atoms with Gasteiger partial charge in [-0.2, -0.15) is 0 Å². The lowest BCUT2D eigenvalue weighted by Crippen LogP contribution is -2.15. The largest absolute Gasteiger partial charge is 0.372 e. The Morgan fingerprint density at radius 3 is 2.55 bits per heavy atom. The molecule has 1 heterocycles. The van der Waals surface area contributed by atoms with Gasteiger partial charge in [-0.1, -0.05) is 0 Å². The van der Waals surface area contributed by atoms with Gasteiger partial charge in [0.05, 0.1) is 10.2 Å². The fourth-order valence-electron chi connectivity index (χ4n) is 1.39. The molecule has 1 aromatic carbocycles. The summed E-state index contributed by atoms with van der Waals surface area (Å²) in [7, 11) is 1.66. The molecule has 1 aromatic heterocycles. The maximum Gasteiger partial charge on any atom is 0.276 e. The zero-order chi connectivity index (χ0) is 14.7. The van der Waals surface area contributed by atoms with Crippen LogP contribution in [0.25, 0.3) is 0 Å². The van der Waals surface area contributed by atoms with Crippen LogP contribution in [0, 0.1) is 11.6 Å². The molecule has 8 heteroatoms. The van der Waals surface area contributed by atoms with E-state index in [1.807, 2.05) is 0 Å². The van der Waals surface area contributed by atoms with E-state index >= 15 is 0 Å². The quantitative estimate of drug-likeness (QED) is 0.841. The molecule has 0 spiro atoms. The van der Waals surface area contributed by atoms with Crippen LogP contribution in [0.5, 0.6) is 0 Å². The molecule has 2 aromatic rings. The van der Waals surface area contributed by atoms with Gasteiger partial charge in [0.2, 0.25) is 0 Å². The fourth-order valence-corrected chi connectivity index (χ4v) is 1.71. The van der Waals surface area contributed by atoms with Gasteiger partial charge in [0.25, 0.3) is 5.91 Å². The molecule has 0 aliphatic rings. The molecule has 0 bridgehead atoms. The van der Waals surface area contributed by atoms with Crippen molar-refractivity contribution in [3.8, 4) is 0 Å². The lowest BCUT2D eigenvalue weighted by molar-refractivity contribution is 0.102. The summed E-state index contributed by atoms with van der Waals surface area (Å²) < 4.78 is 26.9. The van der Waals surface area contributed by atoms with E-state index in [9.17, 15) is 13.6 Å². The minimum absolute atomic E-state index is 0.00766. The van der Waals surface area contributed by atoms with E-state index in [-0.39, 0.29) is 15.9 Å². The smallest absolute Gasteiger partial charge is 0.276 e. The van der Waals surface area contributed by atoms with Crippen molar-refractivity contribution in [3.63, 3.8) is 0 Å². The number of anilines is 2. The van der Waals surface area contributed by atoms with Crippen molar-refractivity contribution in [3.05, 3.63) is 46.1 Å². The highest BCUT2D eigenvalue weighted by molar-refractivity contribution is 9.10. The molecule has 5 nitrogen and oxygen atoms in total. The number of rotatable bonds is 3. The van der Waals surface area contributed by atoms with E-state index in [2.05, 4.69) is 36.8 Å². The number of nitrogens with zero attached hydrogens (tertiary/aromatic N) is 2. The highest BCUT2D eigenvalue weighted by Gasteiger charge is 2.13. The van der Waals surface area contributed by atoms with Gasteiger partial charge in [-0.15, -0.1) is 10.2 Å². The maximum absolute atomic E-state index is 13.6. The Kier molecular flexibility index (Phi) is 4.23. The second-order valence-corrected chi connectivity index (χ2v) is 4.61. The first kappa shape index (κ1) is 14.3. The third-order valence-electron chi connectivity index (χ3n) is 2.41. The summed E-state index contributed by atoms with van der Waals surface area (Å²) in [5.74, 6) is -1.63. The lowest BCUT2D eigenvalue weighted by Gasteiger charge is -2.07. The van der Waals surface area contributed by atoms with E-state index < -0.39 is 17.5 Å². The van der Waals surface area contributed by atoms with Crippen LogP contribution in [0.1, 0.15) is 10.5 Å². The number of benzene rings is 1. The van der Waals surface area contributed by atoms with Crippen molar-refractivity contribution in [2.75, 3.05) is 17.7 Å². The molecular formula is C12H9BrF2N4O. The minimum atomic E-state index is -0.758. The molecule has 0 unspecified atom stereocenters. The molecule has 0 aliphatic carbocycles. The van der Waals surface area contributed by atoms with E-state index in [0.717, 1.165) is 12.1 Å². The van der Waals surface area contributed by atoms with Crippen LogP contribution in [0.3, 0.4) is 0 Å². The number of nitrogens with one attached hydrogen (secondary N) is 2. The van der Waals surface area contributed by atoms with Gasteiger partial charge >= 0.3 is 0 Å². The lowest BCUT2D eigenvalue weighted by atomic mass is 10.2. The normalized spacial score (nSPS) is 10.2. The summed E-state index contributed by atoms with van der Waals surface area (Å²) in [5, 5.41) is 12.4. The molecule has 2 rings (SSSR count). The third-order valence-corrected chi connectivity index (χ3v) is 3.02. The van der Waals surface area contributed by atoms with Crippen LogP contribution in [0.4, 0.5) is 20.3 Å². The Hall–Kier alpha value is -2.09. The first-order valence-electron chi connectivity index (χ1n) is 5.48. The summed E-state index contributed by atoms with van der Waals surface area (Å²) in [6, 6.07) is 4.77. The molecule has 0 fully saturated rings. The van der Waals surface area contributed by atoms with Gasteiger partial charge in [-0.3, -0.25) is 4.79 Å². The highest BCUT2D eigenvalue weighted by atomic mass is 79.9. The van der Waals surface area contributed by atoms with Gasteiger partial charge in [0, 0.05) is 13.1 Å². The first-order chi connectivity index (χ1) is 9.51. The molecule has 0 radical (unpaired) electrons. The molecular weight excluding hydrogens is 334 g/mol. The van der Waals surface area contributed by atoms with Gasteiger partial charge in [-0.25, -0.2) is 8.78 Å². The van der Waals surface area contributed by atoms with E-state index in [4.69, 9.17) is 0 Å². The number of hydrogen-bond acceptors (Lipinski definition) is 4. The summed E-state index contributed by atoms with van der Waals surface area (Å²) >= 11 is 2.85. The Balaban J connectivity index is 2.20. The molecule has 0 saturated carbocycles. The second-order valence-electron chi connectivity index (χ2n) is 3.75. The van der Waals surface area contributed by atoms with Crippen LogP contribution in [-0.2, 0) is 0 Å². The maximum atomic E-state index is 13.6. The first-order valence-corrected chi connectivity index (χ1v) is 6.28. The number of halogens is 3. The predicted octanol–water partition coefficient (Wildman–Crippen LogP) is 2.81. The SMILES string of the molecule is CNc1ccc(C(=O)Nc2cc(F)c(Br)cc2F)nn1. The number of carbonyl (C=O) groups excluding carboxylic acids is 1. The minimum Gasteiger partial charge on any atom is -0.372 e. The third kappa shape index (κ3) is 3.08. The number of carbonyl (C=O) groups is 1. The van der Waals surface area contributed by atoms with E-state index in [1.54, 1.807) is 13.1 Å². The van der Waals surface area contributed by atoms with Gasteiger partial charge in [0.15, 0.2) is 5.69 Å². The van der Waals surface area contributed by atoms with Crippen LogP contribution < -0.4 is 10.6 Å². The average molecular weight is 343 g/mol. The topological polar surface area (TPSA) is 66.9 Å². The average Bonchev–Trinajstić information content (AvgIpc) is 2.44. The fraction of sp³-hybridized carbons (Fsp3) is 0.0833. The molecule has 0 aliphatic heterocycles. The molecule has 2 N–H and O–H groups in total. The monoisotopic (exact) mass is 342 g/mol. The standard InChI is InChI=1S/C12H9BrF2N4O/c1-16-11-3-2-9(18-19-11)12(20)17-10-5-7(14)6(13)4-8(10)15/h2-5H,1H3,(H,16,19)(H,17,20). The van der Waals surface area contributed by atoms with Gasteiger partial charge < -0.3 is 10.6 Å². The molecule has 20 heavy (non-hydrogen) atoms. The number of amides is 1. The number of aromatic nitrogens is 2. The highest BCUT2D eigenvalue weighted by Crippen LogP contribution is 2.23. The summed E-state index contributed by atoms with van der Waals surface area (Å²) in [5.41, 5.74) is -0.276. The zero-order valence-corrected chi connectivity index (χ0v) is 11.8. The van der Waals surface area contributed by atoms with Crippen LogP contribution >= 0.6 is 15.9 Å². The summed E-state index contributed by atoms with van der Waals surface area (Å²) in [4.78, 5) is 11.8. The molecule has 104 valence electrons. The Morgan fingerprint density at radius 2 is 1.95 bits per heavy atom. The van der Waals surface area contributed by atoms with Crippen molar-refractivity contribution in [1.82, 2.24) is 10.2 Å². The van der Waals surface area contributed by atoms with Gasteiger partial charge in [-0.05, 0) is 34.1 Å². The second kappa shape index (κ2) is 5.91. The van der Waals surface area contributed by atoms with E-state index in [1.165, 1.54) is 6.07 Å². The molecule has 0 atom stereocenters. The van der Waals surface area contributed by atoms with E-state index in [0.29, 0.717) is 5.82 Å². The van der Waals surface area contributed by atoms with Crippen LogP contribution in [0.2, 0.25) is 0 Å². The van der Waals surface area contributed by atoms with Crippen molar-refractivity contribution < 1.29 is 13.6 Å². The summed E-state index contributed by atoms with van der Waals surface area (Å²) in [6.07, 6.45) is 0. The zero-order valence-electron chi connectivity index (χ0n) is 10.2. The Labute approximate surface area is 121 Å². The number of hydrogen-bond donors (Lipinski definition) is 2. The molecule has 0 saturated heterocycles. The Bertz CT molecular complexity index is 649. The Morgan fingerprint density at radius 1 is 1.20 bits per heavy atom. The molecule has 1 amide bonds. The van der Waals surface area contributed by atoms with Crippen molar-refractivity contribution in [2.24, 2.45) is 0 Å².